The normalized spacial score (nSPS) is 11.6. The highest BCUT2D eigenvalue weighted by molar-refractivity contribution is 7.90. The van der Waals surface area contributed by atoms with Gasteiger partial charge < -0.3 is 0 Å². The van der Waals surface area contributed by atoms with Gasteiger partial charge in [0.05, 0.1) is 4.90 Å². The van der Waals surface area contributed by atoms with Gasteiger partial charge in [0.1, 0.15) is 0 Å². The number of hydrogen-bond acceptors (Lipinski definition) is 2. The Hall–Kier alpha value is -0.830. The molecule has 0 unspecified atom stereocenters. The molecule has 0 aliphatic rings. The van der Waals surface area contributed by atoms with E-state index >= 15 is 0 Å². The molecule has 1 aromatic rings. The van der Waals surface area contributed by atoms with Gasteiger partial charge in [-0.2, -0.15) is 0 Å². The van der Waals surface area contributed by atoms with Crippen LogP contribution in [0.5, 0.6) is 0 Å². The van der Waals surface area contributed by atoms with Gasteiger partial charge >= 0.3 is 0 Å². The Balaban J connectivity index is 3.53. The van der Waals surface area contributed by atoms with E-state index < -0.39 is 9.84 Å². The van der Waals surface area contributed by atoms with Crippen LogP contribution in [0.4, 0.5) is 0 Å². The molecule has 0 radical (unpaired) electrons. The maximum absolute atomic E-state index is 11.3. The van der Waals surface area contributed by atoms with Gasteiger partial charge in [0.2, 0.25) is 0 Å². The van der Waals surface area contributed by atoms with Crippen LogP contribution in [0.25, 0.3) is 0 Å². The van der Waals surface area contributed by atoms with Crippen molar-refractivity contribution < 1.29 is 8.42 Å². The third-order valence-electron chi connectivity index (χ3n) is 1.78. The molecule has 12 heavy (non-hydrogen) atoms. The van der Waals surface area contributed by atoms with E-state index in [1.807, 2.05) is 32.0 Å². The summed E-state index contributed by atoms with van der Waals surface area (Å²) in [5.74, 6) is 0. The first-order valence-electron chi connectivity index (χ1n) is 3.69. The molecular weight excluding hydrogens is 172 g/mol. The van der Waals surface area contributed by atoms with Crippen molar-refractivity contribution in [2.45, 2.75) is 18.7 Å². The van der Waals surface area contributed by atoms with Gasteiger partial charge in [0.25, 0.3) is 0 Å². The van der Waals surface area contributed by atoms with Gasteiger partial charge in [0.15, 0.2) is 9.84 Å². The van der Waals surface area contributed by atoms with Crippen molar-refractivity contribution in [3.63, 3.8) is 0 Å². The summed E-state index contributed by atoms with van der Waals surface area (Å²) in [5.41, 5.74) is 1.63. The Bertz CT molecular complexity index is 371. The first-order valence-corrected chi connectivity index (χ1v) is 5.58. The second kappa shape index (κ2) is 2.90. The zero-order chi connectivity index (χ0) is 9.35. The predicted molar refractivity (Wildman–Crippen MR) is 49.0 cm³/mol. The van der Waals surface area contributed by atoms with E-state index in [9.17, 15) is 8.42 Å². The summed E-state index contributed by atoms with van der Waals surface area (Å²) in [6.07, 6.45) is 1.24. The molecule has 0 N–H and O–H groups in total. The Morgan fingerprint density at radius 1 is 1.08 bits per heavy atom. The van der Waals surface area contributed by atoms with Crippen molar-refractivity contribution in [3.8, 4) is 0 Å². The van der Waals surface area contributed by atoms with Crippen LogP contribution in [0.3, 0.4) is 0 Å². The second-order valence-corrected chi connectivity index (χ2v) is 4.95. The molecule has 3 heteroatoms. The molecule has 0 atom stereocenters. The van der Waals surface area contributed by atoms with Crippen LogP contribution in [-0.4, -0.2) is 14.7 Å². The number of sulfone groups is 1. The van der Waals surface area contributed by atoms with E-state index in [1.165, 1.54) is 6.26 Å². The number of hydrogen-bond donors (Lipinski definition) is 0. The van der Waals surface area contributed by atoms with Crippen molar-refractivity contribution in [2.24, 2.45) is 0 Å². The summed E-state index contributed by atoms with van der Waals surface area (Å²) in [5, 5.41) is 0. The van der Waals surface area contributed by atoms with E-state index in [4.69, 9.17) is 0 Å². The highest BCUT2D eigenvalue weighted by atomic mass is 32.2. The smallest absolute Gasteiger partial charge is 0.176 e. The highest BCUT2D eigenvalue weighted by Gasteiger charge is 2.12. The quantitative estimate of drug-likeness (QED) is 0.665. The van der Waals surface area contributed by atoms with Crippen LogP contribution in [0.15, 0.2) is 23.1 Å². The molecule has 0 spiro atoms. The summed E-state index contributed by atoms with van der Waals surface area (Å²) < 4.78 is 22.5. The summed E-state index contributed by atoms with van der Waals surface area (Å²) in [7, 11) is -3.06. The third-order valence-corrected chi connectivity index (χ3v) is 3.17. The van der Waals surface area contributed by atoms with Gasteiger partial charge in [-0.15, -0.1) is 0 Å². The molecule has 0 aliphatic heterocycles. The molecule has 0 aromatic heterocycles. The van der Waals surface area contributed by atoms with Crippen molar-refractivity contribution >= 4 is 9.84 Å². The maximum Gasteiger partial charge on any atom is 0.176 e. The standard InChI is InChI=1S/C9H12O2S/c1-7-5-4-6-8(2)9(7)12(3,10)11/h4-6H,1-3H3. The van der Waals surface area contributed by atoms with E-state index in [-0.39, 0.29) is 0 Å². The lowest BCUT2D eigenvalue weighted by atomic mass is 10.2. The molecule has 1 rings (SSSR count). The monoisotopic (exact) mass is 184 g/mol. The molecular formula is C9H12O2S. The zero-order valence-electron chi connectivity index (χ0n) is 7.46. The average Bonchev–Trinajstić information content (AvgIpc) is 1.82. The van der Waals surface area contributed by atoms with E-state index in [1.54, 1.807) is 0 Å². The van der Waals surface area contributed by atoms with Crippen LogP contribution >= 0.6 is 0 Å². The van der Waals surface area contributed by atoms with Crippen LogP contribution < -0.4 is 0 Å². The van der Waals surface area contributed by atoms with Crippen molar-refractivity contribution in [2.75, 3.05) is 6.26 Å². The van der Waals surface area contributed by atoms with E-state index in [2.05, 4.69) is 0 Å². The molecule has 0 saturated heterocycles. The molecule has 0 heterocycles. The molecule has 0 saturated carbocycles. The van der Waals surface area contributed by atoms with E-state index in [0.717, 1.165) is 11.1 Å². The average molecular weight is 184 g/mol. The van der Waals surface area contributed by atoms with Crippen LogP contribution in [0.1, 0.15) is 11.1 Å². The summed E-state index contributed by atoms with van der Waals surface area (Å²) in [6, 6.07) is 5.48. The highest BCUT2D eigenvalue weighted by Crippen LogP contribution is 2.18. The van der Waals surface area contributed by atoms with Crippen molar-refractivity contribution in [1.82, 2.24) is 0 Å². The van der Waals surface area contributed by atoms with Gasteiger partial charge in [-0.25, -0.2) is 8.42 Å². The largest absolute Gasteiger partial charge is 0.224 e. The number of rotatable bonds is 1. The Labute approximate surface area is 73.2 Å². The predicted octanol–water partition coefficient (Wildman–Crippen LogP) is 1.71. The molecule has 66 valence electrons. The lowest BCUT2D eigenvalue weighted by Gasteiger charge is -2.05. The lowest BCUT2D eigenvalue weighted by molar-refractivity contribution is 0.600. The minimum atomic E-state index is -3.06. The van der Waals surface area contributed by atoms with Gasteiger partial charge in [-0.1, -0.05) is 18.2 Å². The molecule has 0 amide bonds. The first-order chi connectivity index (χ1) is 5.43. The first kappa shape index (κ1) is 9.26. The zero-order valence-corrected chi connectivity index (χ0v) is 8.27. The molecule has 1 aromatic carbocycles. The molecule has 0 fully saturated rings. The van der Waals surface area contributed by atoms with E-state index in [0.29, 0.717) is 4.90 Å². The maximum atomic E-state index is 11.3. The van der Waals surface area contributed by atoms with Crippen molar-refractivity contribution in [1.29, 1.82) is 0 Å². The summed E-state index contributed by atoms with van der Waals surface area (Å²) in [4.78, 5) is 0.463. The van der Waals surface area contributed by atoms with Gasteiger partial charge in [-0.05, 0) is 25.0 Å². The Morgan fingerprint density at radius 3 is 1.75 bits per heavy atom. The van der Waals surface area contributed by atoms with Gasteiger partial charge in [-0.3, -0.25) is 0 Å². The lowest BCUT2D eigenvalue weighted by Crippen LogP contribution is -2.02. The van der Waals surface area contributed by atoms with Gasteiger partial charge in [0, 0.05) is 6.26 Å². The third kappa shape index (κ3) is 1.67. The summed E-state index contributed by atoms with van der Waals surface area (Å²) >= 11 is 0. The topological polar surface area (TPSA) is 34.1 Å². The van der Waals surface area contributed by atoms with Crippen LogP contribution in [-0.2, 0) is 9.84 Å². The van der Waals surface area contributed by atoms with Crippen LogP contribution in [0, 0.1) is 13.8 Å². The molecule has 2 nitrogen and oxygen atoms in total. The second-order valence-electron chi connectivity index (χ2n) is 2.99. The fraction of sp³-hybridized carbons (Fsp3) is 0.333. The van der Waals surface area contributed by atoms with Crippen molar-refractivity contribution in [3.05, 3.63) is 29.3 Å². The Kier molecular flexibility index (Phi) is 2.24. The summed E-state index contributed by atoms with van der Waals surface area (Å²) in [6.45, 7) is 3.62. The SMILES string of the molecule is Cc1cccc(C)c1S(C)(=O)=O. The minimum absolute atomic E-state index is 0.463. The fourth-order valence-corrected chi connectivity index (χ4v) is 2.69. The number of aryl methyl sites for hydroxylation is 2. The van der Waals surface area contributed by atoms with Crippen LogP contribution in [0.2, 0.25) is 0 Å². The fourth-order valence-electron chi connectivity index (χ4n) is 1.38. The molecule has 0 bridgehead atoms. The Morgan fingerprint density at radius 2 is 1.50 bits per heavy atom. The minimum Gasteiger partial charge on any atom is -0.224 e. The number of benzene rings is 1. The molecule has 0 aliphatic carbocycles.